The highest BCUT2D eigenvalue weighted by Gasteiger charge is 2.41. The van der Waals surface area contributed by atoms with Crippen LogP contribution in [0.25, 0.3) is 0 Å². The van der Waals surface area contributed by atoms with Gasteiger partial charge in [-0.3, -0.25) is 0 Å². The maximum Gasteiger partial charge on any atom is 0.0555 e. The molecule has 0 aromatic rings. The Morgan fingerprint density at radius 3 is 2.68 bits per heavy atom. The first-order valence-electron chi connectivity index (χ1n) is 13.4. The minimum absolute atomic E-state index is 0.397. The van der Waals surface area contributed by atoms with Crippen LogP contribution in [0, 0.1) is 23.7 Å². The second-order valence-corrected chi connectivity index (χ2v) is 12.0. The molecular formula is C32H37NS. The lowest BCUT2D eigenvalue weighted by Gasteiger charge is -2.40. The van der Waals surface area contributed by atoms with Crippen molar-refractivity contribution in [3.8, 4) is 0 Å². The van der Waals surface area contributed by atoms with Gasteiger partial charge in [0.1, 0.15) is 0 Å². The van der Waals surface area contributed by atoms with Crippen molar-refractivity contribution >= 4 is 11.8 Å². The fourth-order valence-electron chi connectivity index (χ4n) is 6.66. The molecule has 0 saturated carbocycles. The van der Waals surface area contributed by atoms with E-state index in [1.54, 1.807) is 16.1 Å². The summed E-state index contributed by atoms with van der Waals surface area (Å²) >= 11 is 2.12. The zero-order valence-electron chi connectivity index (χ0n) is 20.5. The maximum absolute atomic E-state index is 4.14. The van der Waals surface area contributed by atoms with Crippen molar-refractivity contribution < 1.29 is 0 Å². The number of nitrogens with one attached hydrogen (secondary N) is 1. The van der Waals surface area contributed by atoms with E-state index in [4.69, 9.17) is 0 Å². The van der Waals surface area contributed by atoms with Gasteiger partial charge in [-0.2, -0.15) is 0 Å². The fraction of sp³-hybridized carbons (Fsp3) is 0.438. The molecule has 2 heteroatoms. The molecule has 176 valence electrons. The number of fused-ring (bicyclic) bond motifs is 2. The maximum atomic E-state index is 4.14. The molecule has 1 nitrogen and oxygen atoms in total. The average molecular weight is 468 g/mol. The van der Waals surface area contributed by atoms with Crippen LogP contribution in [0.3, 0.4) is 0 Å². The third-order valence-electron chi connectivity index (χ3n) is 8.49. The van der Waals surface area contributed by atoms with Crippen molar-refractivity contribution in [1.29, 1.82) is 0 Å². The summed E-state index contributed by atoms with van der Waals surface area (Å²) in [4.78, 5) is 1.61. The van der Waals surface area contributed by atoms with Crippen LogP contribution in [-0.2, 0) is 0 Å². The molecule has 5 atom stereocenters. The zero-order chi connectivity index (χ0) is 23.1. The quantitative estimate of drug-likeness (QED) is 0.448. The van der Waals surface area contributed by atoms with Crippen LogP contribution in [0.15, 0.2) is 106 Å². The van der Waals surface area contributed by atoms with E-state index in [0.717, 1.165) is 12.8 Å². The van der Waals surface area contributed by atoms with E-state index in [1.165, 1.54) is 42.5 Å². The minimum atomic E-state index is 0.397. The van der Waals surface area contributed by atoms with Gasteiger partial charge in [0, 0.05) is 27.7 Å². The summed E-state index contributed by atoms with van der Waals surface area (Å²) in [6.07, 6.45) is 35.6. The molecule has 0 saturated heterocycles. The summed E-state index contributed by atoms with van der Waals surface area (Å²) in [5.41, 5.74) is 7.65. The normalized spacial score (nSPS) is 34.3. The van der Waals surface area contributed by atoms with Gasteiger partial charge >= 0.3 is 0 Å². The van der Waals surface area contributed by atoms with Gasteiger partial charge in [0.2, 0.25) is 0 Å². The number of hydrogen-bond donors (Lipinski definition) is 1. The summed E-state index contributed by atoms with van der Waals surface area (Å²) in [7, 11) is 0. The molecule has 34 heavy (non-hydrogen) atoms. The fourth-order valence-corrected chi connectivity index (χ4v) is 8.24. The van der Waals surface area contributed by atoms with E-state index in [1.807, 2.05) is 0 Å². The molecule has 4 aliphatic carbocycles. The second-order valence-electron chi connectivity index (χ2n) is 10.8. The number of thioether (sulfide) groups is 1. The molecule has 0 aromatic heterocycles. The molecule has 0 fully saturated rings. The van der Waals surface area contributed by atoms with E-state index in [0.29, 0.717) is 35.0 Å². The summed E-state index contributed by atoms with van der Waals surface area (Å²) < 4.78 is 0. The first-order chi connectivity index (χ1) is 16.7. The van der Waals surface area contributed by atoms with Crippen LogP contribution < -0.4 is 5.32 Å². The van der Waals surface area contributed by atoms with Gasteiger partial charge in [-0.1, -0.05) is 86.8 Å². The van der Waals surface area contributed by atoms with Gasteiger partial charge < -0.3 is 5.32 Å². The Kier molecular flexibility index (Phi) is 6.20. The lowest BCUT2D eigenvalue weighted by atomic mass is 9.74. The highest BCUT2D eigenvalue weighted by molar-refractivity contribution is 8.04. The van der Waals surface area contributed by atoms with Gasteiger partial charge in [-0.05, 0) is 72.7 Å². The monoisotopic (exact) mass is 467 g/mol. The highest BCUT2D eigenvalue weighted by Crippen LogP contribution is 2.53. The molecule has 2 heterocycles. The zero-order valence-corrected chi connectivity index (χ0v) is 21.4. The van der Waals surface area contributed by atoms with Crippen molar-refractivity contribution in [3.63, 3.8) is 0 Å². The summed E-state index contributed by atoms with van der Waals surface area (Å²) in [6, 6.07) is 0.397. The van der Waals surface area contributed by atoms with Crippen molar-refractivity contribution in [2.24, 2.45) is 23.7 Å². The Morgan fingerprint density at radius 1 is 0.912 bits per heavy atom. The standard InChI is InChI=1S/C32H37NS/c1-21(2)23-19-20-29(25-14-7-6-13-24(25)22-11-4-3-5-12-22)33-31(23)28-17-10-16-27-26-15-8-9-18-30(26)34-32(27)28/h4,6-9,11-12,14-15,17-18,20-21,23-24,26,30-31,33H,3,5,10,13,16,19H2,1-2H3. The second kappa shape index (κ2) is 9.46. The Hall–Kier alpha value is -2.19. The van der Waals surface area contributed by atoms with Gasteiger partial charge in [-0.15, -0.1) is 11.8 Å². The molecule has 6 aliphatic rings. The summed E-state index contributed by atoms with van der Waals surface area (Å²) in [5, 5.41) is 4.73. The molecule has 0 aromatic carbocycles. The van der Waals surface area contributed by atoms with Crippen LogP contribution in [0.4, 0.5) is 0 Å². The lowest BCUT2D eigenvalue weighted by molar-refractivity contribution is 0.305. The number of rotatable bonds is 4. The van der Waals surface area contributed by atoms with Crippen molar-refractivity contribution in [3.05, 3.63) is 106 Å². The van der Waals surface area contributed by atoms with E-state index in [9.17, 15) is 0 Å². The molecule has 1 N–H and O–H groups in total. The predicted octanol–water partition coefficient (Wildman–Crippen LogP) is 8.12. The number of hydrogen-bond acceptors (Lipinski definition) is 2. The molecule has 0 bridgehead atoms. The lowest BCUT2D eigenvalue weighted by Crippen LogP contribution is -2.44. The molecule has 2 aliphatic heterocycles. The first kappa shape index (κ1) is 22.3. The molecule has 0 amide bonds. The topological polar surface area (TPSA) is 12.0 Å². The predicted molar refractivity (Wildman–Crippen MR) is 147 cm³/mol. The van der Waals surface area contributed by atoms with Crippen LogP contribution in [-0.4, -0.2) is 11.3 Å². The molecule has 5 unspecified atom stereocenters. The molecule has 0 spiro atoms. The highest BCUT2D eigenvalue weighted by atomic mass is 32.2. The Labute approximate surface area is 209 Å². The van der Waals surface area contributed by atoms with Crippen LogP contribution in [0.2, 0.25) is 0 Å². The Bertz CT molecular complexity index is 1120. The largest absolute Gasteiger partial charge is 0.378 e. The van der Waals surface area contributed by atoms with E-state index in [2.05, 4.69) is 104 Å². The van der Waals surface area contributed by atoms with Crippen molar-refractivity contribution in [2.45, 2.75) is 63.7 Å². The van der Waals surface area contributed by atoms with Gasteiger partial charge in [0.25, 0.3) is 0 Å². The third-order valence-corrected chi connectivity index (χ3v) is 9.95. The molecule has 0 radical (unpaired) electrons. The van der Waals surface area contributed by atoms with Crippen LogP contribution in [0.1, 0.15) is 52.4 Å². The Balaban J connectivity index is 1.32. The van der Waals surface area contributed by atoms with Crippen LogP contribution in [0.5, 0.6) is 0 Å². The van der Waals surface area contributed by atoms with Crippen LogP contribution >= 0.6 is 11.8 Å². The third kappa shape index (κ3) is 3.98. The average Bonchev–Trinajstić information content (AvgIpc) is 3.28. The molecule has 6 rings (SSSR count). The van der Waals surface area contributed by atoms with Crippen molar-refractivity contribution in [1.82, 2.24) is 5.32 Å². The minimum Gasteiger partial charge on any atom is -0.378 e. The van der Waals surface area contributed by atoms with Gasteiger partial charge in [0.15, 0.2) is 0 Å². The van der Waals surface area contributed by atoms with E-state index < -0.39 is 0 Å². The first-order valence-corrected chi connectivity index (χ1v) is 14.2. The van der Waals surface area contributed by atoms with E-state index >= 15 is 0 Å². The summed E-state index contributed by atoms with van der Waals surface area (Å²) in [5.74, 6) is 2.36. The Morgan fingerprint density at radius 2 is 1.82 bits per heavy atom. The number of allylic oxidation sites excluding steroid dienone is 14. The van der Waals surface area contributed by atoms with Crippen molar-refractivity contribution in [2.75, 3.05) is 0 Å². The van der Waals surface area contributed by atoms with Gasteiger partial charge in [-0.25, -0.2) is 0 Å². The van der Waals surface area contributed by atoms with Gasteiger partial charge in [0.05, 0.1) is 6.04 Å². The smallest absolute Gasteiger partial charge is 0.0555 e. The van der Waals surface area contributed by atoms with E-state index in [-0.39, 0.29) is 0 Å². The summed E-state index contributed by atoms with van der Waals surface area (Å²) in [6.45, 7) is 4.82. The SMILES string of the molecule is CC(C)C1CC=C(C2=CC=CCC2C2=CCCC=C2)NC1C1=CCCC2=C1SC1C=CC=CC21. The molecular weight excluding hydrogens is 430 g/mol.